The molecule has 3 fully saturated rings. The van der Waals surface area contributed by atoms with Gasteiger partial charge in [-0.1, -0.05) is 49.6 Å². The molecule has 0 radical (unpaired) electrons. The minimum atomic E-state index is -1.42. The number of pyridine rings is 1. The van der Waals surface area contributed by atoms with Crippen LogP contribution in [0, 0.1) is 23.7 Å². The number of carbonyl (C=O) groups excluding carboxylic acids is 1. The number of amides is 1. The summed E-state index contributed by atoms with van der Waals surface area (Å²) in [5, 5.41) is 14.9. The second-order valence-corrected chi connectivity index (χ2v) is 9.72. The van der Waals surface area contributed by atoms with Crippen LogP contribution in [0.3, 0.4) is 0 Å². The number of likely N-dealkylation sites (tertiary alicyclic amines) is 1. The highest BCUT2D eigenvalue weighted by molar-refractivity contribution is 5.86. The maximum absolute atomic E-state index is 13.3. The van der Waals surface area contributed by atoms with Crippen molar-refractivity contribution < 1.29 is 9.90 Å². The summed E-state index contributed by atoms with van der Waals surface area (Å²) in [6.07, 6.45) is 8.91. The predicted octanol–water partition coefficient (Wildman–Crippen LogP) is 3.34. The number of aliphatic hydroxyl groups is 1. The highest BCUT2D eigenvalue weighted by Crippen LogP contribution is 2.51. The number of nitrogens with zero attached hydrogens (tertiary/aromatic N) is 2. The molecule has 3 atom stereocenters. The summed E-state index contributed by atoms with van der Waals surface area (Å²) in [5.41, 5.74) is 0.625. The van der Waals surface area contributed by atoms with E-state index >= 15 is 0 Å². The largest absolute Gasteiger partial charge is 0.375 e. The molecule has 3 unspecified atom stereocenters. The lowest BCUT2D eigenvalue weighted by Gasteiger charge is -2.37. The third-order valence-corrected chi connectivity index (χ3v) is 7.86. The van der Waals surface area contributed by atoms with E-state index in [4.69, 9.17) is 0 Å². The van der Waals surface area contributed by atoms with Gasteiger partial charge in [0.25, 0.3) is 5.91 Å². The Balaban J connectivity index is 1.18. The van der Waals surface area contributed by atoms with Gasteiger partial charge in [0, 0.05) is 44.5 Å². The SMILES string of the molecule is O=C(NCC1C2CN(Cc3ccncc3)CC12)C(O)(c1ccccc1)C1CCCCC1. The van der Waals surface area contributed by atoms with Crippen molar-refractivity contribution in [2.75, 3.05) is 19.6 Å². The maximum Gasteiger partial charge on any atom is 0.256 e. The quantitative estimate of drug-likeness (QED) is 0.722. The highest BCUT2D eigenvalue weighted by Gasteiger charge is 2.55. The molecule has 2 heterocycles. The van der Waals surface area contributed by atoms with Crippen molar-refractivity contribution in [3.8, 4) is 0 Å². The predicted molar refractivity (Wildman–Crippen MR) is 120 cm³/mol. The zero-order valence-corrected chi connectivity index (χ0v) is 18.1. The van der Waals surface area contributed by atoms with E-state index in [1.54, 1.807) is 0 Å². The Morgan fingerprint density at radius 1 is 1.03 bits per heavy atom. The van der Waals surface area contributed by atoms with Gasteiger partial charge < -0.3 is 10.4 Å². The molecule has 1 amide bonds. The molecule has 5 heteroatoms. The van der Waals surface area contributed by atoms with Crippen molar-refractivity contribution >= 4 is 5.91 Å². The Labute approximate surface area is 184 Å². The second-order valence-electron chi connectivity index (χ2n) is 9.72. The molecule has 1 aromatic heterocycles. The molecule has 1 aliphatic heterocycles. The molecule has 1 saturated heterocycles. The van der Waals surface area contributed by atoms with E-state index in [1.807, 2.05) is 42.7 Å². The molecule has 2 aliphatic carbocycles. The smallest absolute Gasteiger partial charge is 0.256 e. The van der Waals surface area contributed by atoms with Gasteiger partial charge in [-0.15, -0.1) is 0 Å². The number of piperidine rings is 1. The molecule has 0 bridgehead atoms. The van der Waals surface area contributed by atoms with Crippen molar-refractivity contribution in [2.24, 2.45) is 23.7 Å². The maximum atomic E-state index is 13.3. The topological polar surface area (TPSA) is 65.5 Å². The van der Waals surface area contributed by atoms with Crippen LogP contribution in [0.5, 0.6) is 0 Å². The summed E-state index contributed by atoms with van der Waals surface area (Å²) in [6, 6.07) is 13.7. The molecule has 5 nitrogen and oxygen atoms in total. The number of hydrogen-bond donors (Lipinski definition) is 2. The van der Waals surface area contributed by atoms with E-state index in [9.17, 15) is 9.90 Å². The monoisotopic (exact) mass is 419 g/mol. The third kappa shape index (κ3) is 4.13. The van der Waals surface area contributed by atoms with Gasteiger partial charge in [-0.3, -0.25) is 14.7 Å². The van der Waals surface area contributed by atoms with Gasteiger partial charge in [0.15, 0.2) is 5.60 Å². The number of fused-ring (bicyclic) bond motifs is 1. The first-order chi connectivity index (χ1) is 15.2. The summed E-state index contributed by atoms with van der Waals surface area (Å²) < 4.78 is 0. The fraction of sp³-hybridized carbons (Fsp3) is 0.538. The van der Waals surface area contributed by atoms with Crippen molar-refractivity contribution in [3.63, 3.8) is 0 Å². The van der Waals surface area contributed by atoms with Gasteiger partial charge in [-0.05, 0) is 53.9 Å². The average Bonchev–Trinajstić information content (AvgIpc) is 3.29. The Kier molecular flexibility index (Phi) is 5.81. The lowest BCUT2D eigenvalue weighted by molar-refractivity contribution is -0.149. The number of rotatable bonds is 7. The molecule has 1 aromatic carbocycles. The Hall–Kier alpha value is -2.24. The molecule has 5 rings (SSSR count). The summed E-state index contributed by atoms with van der Waals surface area (Å²) in [7, 11) is 0. The minimum absolute atomic E-state index is 0.00166. The average molecular weight is 420 g/mol. The first-order valence-electron chi connectivity index (χ1n) is 11.8. The number of hydrogen-bond acceptors (Lipinski definition) is 4. The molecule has 2 N–H and O–H groups in total. The first-order valence-corrected chi connectivity index (χ1v) is 11.8. The van der Waals surface area contributed by atoms with Gasteiger partial charge in [0.2, 0.25) is 0 Å². The van der Waals surface area contributed by atoms with E-state index in [2.05, 4.69) is 27.3 Å². The van der Waals surface area contributed by atoms with Crippen molar-refractivity contribution in [1.29, 1.82) is 0 Å². The van der Waals surface area contributed by atoms with Crippen LogP contribution in [-0.2, 0) is 16.9 Å². The van der Waals surface area contributed by atoms with Crippen LogP contribution in [0.1, 0.15) is 43.2 Å². The molecule has 164 valence electrons. The van der Waals surface area contributed by atoms with Gasteiger partial charge in [0.1, 0.15) is 0 Å². The Morgan fingerprint density at radius 3 is 2.39 bits per heavy atom. The second kappa shape index (κ2) is 8.71. The first kappa shape index (κ1) is 20.7. The van der Waals surface area contributed by atoms with Gasteiger partial charge >= 0.3 is 0 Å². The number of nitrogens with one attached hydrogen (secondary N) is 1. The molecule has 2 aromatic rings. The van der Waals surface area contributed by atoms with Crippen molar-refractivity contribution in [3.05, 3.63) is 66.0 Å². The number of carbonyl (C=O) groups is 1. The van der Waals surface area contributed by atoms with Crippen LogP contribution in [-0.4, -0.2) is 40.5 Å². The van der Waals surface area contributed by atoms with E-state index in [0.717, 1.165) is 50.9 Å². The molecule has 3 aliphatic rings. The normalized spacial score (nSPS) is 28.0. The van der Waals surface area contributed by atoms with Crippen LogP contribution in [0.2, 0.25) is 0 Å². The third-order valence-electron chi connectivity index (χ3n) is 7.86. The van der Waals surface area contributed by atoms with E-state index in [0.29, 0.717) is 24.3 Å². The highest BCUT2D eigenvalue weighted by atomic mass is 16.3. The van der Waals surface area contributed by atoms with Gasteiger partial charge in [-0.2, -0.15) is 0 Å². The van der Waals surface area contributed by atoms with E-state index in [-0.39, 0.29) is 11.8 Å². The van der Waals surface area contributed by atoms with Crippen LogP contribution in [0.15, 0.2) is 54.9 Å². The van der Waals surface area contributed by atoms with E-state index in [1.165, 1.54) is 12.0 Å². The fourth-order valence-corrected chi connectivity index (χ4v) is 6.03. The minimum Gasteiger partial charge on any atom is -0.375 e. The van der Waals surface area contributed by atoms with Crippen LogP contribution in [0.4, 0.5) is 0 Å². The molecule has 0 spiro atoms. The van der Waals surface area contributed by atoms with Crippen LogP contribution < -0.4 is 5.32 Å². The molecule has 31 heavy (non-hydrogen) atoms. The molecular weight excluding hydrogens is 386 g/mol. The number of aromatic nitrogens is 1. The van der Waals surface area contributed by atoms with Crippen molar-refractivity contribution in [2.45, 2.75) is 44.2 Å². The Bertz CT molecular complexity index is 872. The summed E-state index contributed by atoms with van der Waals surface area (Å²) in [4.78, 5) is 19.9. The van der Waals surface area contributed by atoms with Gasteiger partial charge in [0.05, 0.1) is 0 Å². The van der Waals surface area contributed by atoms with Crippen molar-refractivity contribution in [1.82, 2.24) is 15.2 Å². The molecular formula is C26H33N3O2. The summed E-state index contributed by atoms with van der Waals surface area (Å²) in [6.45, 7) is 3.85. The standard InChI is InChI=1S/C26H33N3O2/c30-25(26(31,20-7-3-1-4-8-20)21-9-5-2-6-10-21)28-15-22-23-17-29(18-24(22)23)16-19-11-13-27-14-12-19/h1,3-4,7-8,11-14,21-24,31H,2,5-6,9-10,15-18H2,(H,28,30). The summed E-state index contributed by atoms with van der Waals surface area (Å²) >= 11 is 0. The van der Waals surface area contributed by atoms with Crippen LogP contribution >= 0.6 is 0 Å². The lowest BCUT2D eigenvalue weighted by Crippen LogP contribution is -2.50. The molecule has 2 saturated carbocycles. The fourth-order valence-electron chi connectivity index (χ4n) is 6.03. The Morgan fingerprint density at radius 2 is 1.71 bits per heavy atom. The zero-order valence-electron chi connectivity index (χ0n) is 18.1. The van der Waals surface area contributed by atoms with E-state index < -0.39 is 5.60 Å². The lowest BCUT2D eigenvalue weighted by atomic mass is 9.73. The van der Waals surface area contributed by atoms with Gasteiger partial charge in [-0.25, -0.2) is 0 Å². The summed E-state index contributed by atoms with van der Waals surface area (Å²) in [5.74, 6) is 1.68. The number of benzene rings is 1. The van der Waals surface area contributed by atoms with Crippen LogP contribution in [0.25, 0.3) is 0 Å². The zero-order chi connectivity index (χ0) is 21.3.